The molecule has 0 saturated carbocycles. The summed E-state index contributed by atoms with van der Waals surface area (Å²) in [5.74, 6) is 1.68. The van der Waals surface area contributed by atoms with E-state index in [4.69, 9.17) is 9.47 Å². The van der Waals surface area contributed by atoms with E-state index in [1.54, 1.807) is 0 Å². The zero-order valence-corrected chi connectivity index (χ0v) is 10.9. The Morgan fingerprint density at radius 1 is 1.07 bits per heavy atom. The van der Waals surface area contributed by atoms with Crippen LogP contribution in [0.3, 0.4) is 0 Å². The summed E-state index contributed by atoms with van der Waals surface area (Å²) in [6.45, 7) is 7.35. The summed E-state index contributed by atoms with van der Waals surface area (Å²) in [6, 6.07) is 4.04. The van der Waals surface area contributed by atoms with Crippen LogP contribution in [0.5, 0.6) is 11.5 Å². The molecule has 0 bridgehead atoms. The average molecular weight is 306 g/mol. The predicted octanol–water partition coefficient (Wildman–Crippen LogP) is 3.40. The molecule has 0 heterocycles. The van der Waals surface area contributed by atoms with Crippen LogP contribution in [-0.2, 0) is 0 Å². The third kappa shape index (κ3) is 2.77. The minimum Gasteiger partial charge on any atom is -0.490 e. The molecule has 0 atom stereocenters. The highest BCUT2D eigenvalue weighted by Crippen LogP contribution is 2.31. The molecule has 1 aromatic carbocycles. The molecule has 0 fully saturated rings. The normalized spacial score (nSPS) is 10.0. The maximum atomic E-state index is 5.50. The zero-order valence-electron chi connectivity index (χ0n) is 8.76. The molecular weight excluding hydrogens is 291 g/mol. The SMILES string of the molecule is CCOc1cc(C)c(I)cc1OCC. The van der Waals surface area contributed by atoms with Crippen molar-refractivity contribution in [3.05, 3.63) is 21.3 Å². The van der Waals surface area contributed by atoms with Crippen LogP contribution in [0, 0.1) is 10.5 Å². The van der Waals surface area contributed by atoms with Gasteiger partial charge in [-0.25, -0.2) is 0 Å². The molecule has 0 unspecified atom stereocenters. The Hall–Kier alpha value is -0.450. The Morgan fingerprint density at radius 3 is 2.07 bits per heavy atom. The molecule has 0 aliphatic heterocycles. The van der Waals surface area contributed by atoms with Crippen LogP contribution in [0.25, 0.3) is 0 Å². The monoisotopic (exact) mass is 306 g/mol. The first-order chi connectivity index (χ1) is 6.69. The van der Waals surface area contributed by atoms with E-state index < -0.39 is 0 Å². The lowest BCUT2D eigenvalue weighted by atomic mass is 10.2. The van der Waals surface area contributed by atoms with Crippen LogP contribution in [-0.4, -0.2) is 13.2 Å². The van der Waals surface area contributed by atoms with E-state index in [1.165, 1.54) is 9.13 Å². The van der Waals surface area contributed by atoms with Crippen LogP contribution >= 0.6 is 22.6 Å². The molecule has 0 radical (unpaired) electrons. The van der Waals surface area contributed by atoms with Gasteiger partial charge in [-0.2, -0.15) is 0 Å². The fourth-order valence-electron chi connectivity index (χ4n) is 1.17. The number of aryl methyl sites for hydroxylation is 1. The summed E-state index contributed by atoms with van der Waals surface area (Å²) < 4.78 is 12.2. The van der Waals surface area contributed by atoms with Gasteiger partial charge in [-0.15, -0.1) is 0 Å². The minimum atomic E-state index is 0.666. The molecule has 0 spiro atoms. The quantitative estimate of drug-likeness (QED) is 0.794. The summed E-state index contributed by atoms with van der Waals surface area (Å²) in [7, 11) is 0. The van der Waals surface area contributed by atoms with Gasteiger partial charge < -0.3 is 9.47 Å². The zero-order chi connectivity index (χ0) is 10.6. The first-order valence-electron chi connectivity index (χ1n) is 4.74. The second-order valence-corrected chi connectivity index (χ2v) is 4.08. The van der Waals surface area contributed by atoms with Crippen LogP contribution < -0.4 is 9.47 Å². The summed E-state index contributed by atoms with van der Waals surface area (Å²) in [4.78, 5) is 0. The van der Waals surface area contributed by atoms with Gasteiger partial charge in [0.25, 0.3) is 0 Å². The van der Waals surface area contributed by atoms with Crippen molar-refractivity contribution < 1.29 is 9.47 Å². The van der Waals surface area contributed by atoms with Gasteiger partial charge in [0.05, 0.1) is 13.2 Å². The van der Waals surface area contributed by atoms with Crippen molar-refractivity contribution >= 4 is 22.6 Å². The van der Waals surface area contributed by atoms with Gasteiger partial charge in [0.2, 0.25) is 0 Å². The van der Waals surface area contributed by atoms with Crippen molar-refractivity contribution in [2.75, 3.05) is 13.2 Å². The van der Waals surface area contributed by atoms with Gasteiger partial charge in [-0.05, 0) is 61.1 Å². The maximum Gasteiger partial charge on any atom is 0.162 e. The molecule has 1 aromatic rings. The van der Waals surface area contributed by atoms with E-state index in [0.29, 0.717) is 13.2 Å². The summed E-state index contributed by atoms with van der Waals surface area (Å²) in [5, 5.41) is 0. The molecule has 0 aliphatic rings. The van der Waals surface area contributed by atoms with E-state index in [0.717, 1.165) is 11.5 Å². The first kappa shape index (κ1) is 11.6. The van der Waals surface area contributed by atoms with Crippen molar-refractivity contribution in [2.45, 2.75) is 20.8 Å². The number of hydrogen-bond acceptors (Lipinski definition) is 2. The van der Waals surface area contributed by atoms with Gasteiger partial charge in [0.1, 0.15) is 0 Å². The molecule has 0 aliphatic carbocycles. The highest BCUT2D eigenvalue weighted by atomic mass is 127. The standard InChI is InChI=1S/C11H15IO2/c1-4-13-10-6-8(3)9(12)7-11(10)14-5-2/h6-7H,4-5H2,1-3H3. The Balaban J connectivity index is 3.03. The highest BCUT2D eigenvalue weighted by Gasteiger charge is 2.07. The van der Waals surface area contributed by atoms with Crippen molar-refractivity contribution in [3.63, 3.8) is 0 Å². The Bertz CT molecular complexity index is 279. The Labute approximate surface area is 98.7 Å². The minimum absolute atomic E-state index is 0.666. The molecule has 78 valence electrons. The van der Waals surface area contributed by atoms with Crippen LogP contribution in [0.15, 0.2) is 12.1 Å². The van der Waals surface area contributed by atoms with Crippen molar-refractivity contribution in [1.29, 1.82) is 0 Å². The smallest absolute Gasteiger partial charge is 0.162 e. The first-order valence-corrected chi connectivity index (χ1v) is 5.82. The number of hydrogen-bond donors (Lipinski definition) is 0. The van der Waals surface area contributed by atoms with Crippen LogP contribution in [0.4, 0.5) is 0 Å². The number of rotatable bonds is 4. The topological polar surface area (TPSA) is 18.5 Å². The van der Waals surface area contributed by atoms with E-state index in [-0.39, 0.29) is 0 Å². The predicted molar refractivity (Wildman–Crippen MR) is 66.2 cm³/mol. The fourth-order valence-corrected chi connectivity index (χ4v) is 1.61. The molecule has 0 N–H and O–H groups in total. The Morgan fingerprint density at radius 2 is 1.57 bits per heavy atom. The number of ether oxygens (including phenoxy) is 2. The van der Waals surface area contributed by atoms with Gasteiger partial charge in [0, 0.05) is 3.57 Å². The van der Waals surface area contributed by atoms with E-state index >= 15 is 0 Å². The summed E-state index contributed by atoms with van der Waals surface area (Å²) >= 11 is 2.30. The third-order valence-electron chi connectivity index (χ3n) is 1.82. The second kappa shape index (κ2) is 5.44. The third-order valence-corrected chi connectivity index (χ3v) is 2.99. The lowest BCUT2D eigenvalue weighted by molar-refractivity contribution is 0.287. The molecule has 14 heavy (non-hydrogen) atoms. The summed E-state index contributed by atoms with van der Waals surface area (Å²) in [6.07, 6.45) is 0. The molecule has 2 nitrogen and oxygen atoms in total. The molecule has 0 amide bonds. The van der Waals surface area contributed by atoms with E-state index in [2.05, 4.69) is 29.5 Å². The van der Waals surface area contributed by atoms with Gasteiger partial charge in [0.15, 0.2) is 11.5 Å². The molecule has 0 saturated heterocycles. The summed E-state index contributed by atoms with van der Waals surface area (Å²) in [5.41, 5.74) is 1.22. The number of halogens is 1. The maximum absolute atomic E-state index is 5.50. The average Bonchev–Trinajstić information content (AvgIpc) is 2.14. The van der Waals surface area contributed by atoms with Gasteiger partial charge in [-0.3, -0.25) is 0 Å². The van der Waals surface area contributed by atoms with Crippen molar-refractivity contribution in [1.82, 2.24) is 0 Å². The molecular formula is C11H15IO2. The van der Waals surface area contributed by atoms with Crippen LogP contribution in [0.1, 0.15) is 19.4 Å². The number of benzene rings is 1. The molecule has 3 heteroatoms. The van der Waals surface area contributed by atoms with Crippen molar-refractivity contribution in [3.8, 4) is 11.5 Å². The lowest BCUT2D eigenvalue weighted by Crippen LogP contribution is -1.99. The highest BCUT2D eigenvalue weighted by molar-refractivity contribution is 14.1. The van der Waals surface area contributed by atoms with E-state index in [1.807, 2.05) is 26.0 Å². The van der Waals surface area contributed by atoms with E-state index in [9.17, 15) is 0 Å². The second-order valence-electron chi connectivity index (χ2n) is 2.91. The lowest BCUT2D eigenvalue weighted by Gasteiger charge is -2.12. The van der Waals surface area contributed by atoms with Gasteiger partial charge in [-0.1, -0.05) is 0 Å². The molecule has 1 rings (SSSR count). The largest absolute Gasteiger partial charge is 0.490 e. The fraction of sp³-hybridized carbons (Fsp3) is 0.455. The van der Waals surface area contributed by atoms with Gasteiger partial charge >= 0.3 is 0 Å². The van der Waals surface area contributed by atoms with Crippen LogP contribution in [0.2, 0.25) is 0 Å². The van der Waals surface area contributed by atoms with Crippen molar-refractivity contribution in [2.24, 2.45) is 0 Å². The Kier molecular flexibility index (Phi) is 4.51. The molecule has 0 aromatic heterocycles.